The van der Waals surface area contributed by atoms with Gasteiger partial charge in [-0.05, 0) is 62.3 Å². The second kappa shape index (κ2) is 7.31. The number of benzene rings is 1. The van der Waals surface area contributed by atoms with Gasteiger partial charge in [0.2, 0.25) is 0 Å². The van der Waals surface area contributed by atoms with Crippen molar-refractivity contribution >= 4 is 5.69 Å². The number of hydrogen-bond donors (Lipinski definition) is 1. The van der Waals surface area contributed by atoms with Crippen molar-refractivity contribution in [2.24, 2.45) is 11.8 Å². The molecular formula is C19H32N2. The van der Waals surface area contributed by atoms with Crippen molar-refractivity contribution in [1.29, 1.82) is 0 Å². The summed E-state index contributed by atoms with van der Waals surface area (Å²) in [5, 5.41) is 3.53. The fourth-order valence-electron chi connectivity index (χ4n) is 3.33. The van der Waals surface area contributed by atoms with Gasteiger partial charge in [-0.2, -0.15) is 0 Å². The van der Waals surface area contributed by atoms with Crippen molar-refractivity contribution in [2.45, 2.75) is 60.0 Å². The van der Waals surface area contributed by atoms with Gasteiger partial charge in [0.25, 0.3) is 0 Å². The minimum Gasteiger partial charge on any atom is -0.368 e. The highest BCUT2D eigenvalue weighted by Crippen LogP contribution is 2.31. The fraction of sp³-hybridized carbons (Fsp3) is 0.684. The van der Waals surface area contributed by atoms with E-state index in [-0.39, 0.29) is 0 Å². The van der Waals surface area contributed by atoms with E-state index < -0.39 is 0 Å². The third-order valence-corrected chi connectivity index (χ3v) is 4.83. The van der Waals surface area contributed by atoms with Crippen molar-refractivity contribution in [3.8, 4) is 0 Å². The van der Waals surface area contributed by atoms with Crippen LogP contribution in [0, 0.1) is 18.8 Å². The molecular weight excluding hydrogens is 256 g/mol. The Bertz CT molecular complexity index is 453. The van der Waals surface area contributed by atoms with Crippen LogP contribution in [0.1, 0.15) is 51.7 Å². The molecule has 0 aromatic heterocycles. The van der Waals surface area contributed by atoms with E-state index in [2.05, 4.69) is 63.0 Å². The maximum absolute atomic E-state index is 3.53. The van der Waals surface area contributed by atoms with Crippen LogP contribution in [0.5, 0.6) is 0 Å². The summed E-state index contributed by atoms with van der Waals surface area (Å²) in [6.45, 7) is 14.8. The molecule has 0 radical (unpaired) electrons. The van der Waals surface area contributed by atoms with Crippen LogP contribution in [0.2, 0.25) is 0 Å². The predicted octanol–water partition coefficient (Wildman–Crippen LogP) is 4.37. The first-order chi connectivity index (χ1) is 9.99. The van der Waals surface area contributed by atoms with Crippen LogP contribution in [0.25, 0.3) is 0 Å². The van der Waals surface area contributed by atoms with Gasteiger partial charge in [0, 0.05) is 24.8 Å². The quantitative estimate of drug-likeness (QED) is 0.865. The molecule has 1 heterocycles. The standard InChI is InChI=1S/C19H32N2/c1-14(2)12-20-13-18-8-9-19(16(4)11-18)21-10-6-7-15(3)17(21)5/h8-9,11,14-15,17,20H,6-7,10,12-13H2,1-5H3. The van der Waals surface area contributed by atoms with Crippen LogP contribution in [-0.4, -0.2) is 19.1 Å². The van der Waals surface area contributed by atoms with E-state index in [0.717, 1.165) is 19.0 Å². The van der Waals surface area contributed by atoms with E-state index in [1.807, 2.05) is 0 Å². The summed E-state index contributed by atoms with van der Waals surface area (Å²) in [4.78, 5) is 2.61. The van der Waals surface area contributed by atoms with Crippen molar-refractivity contribution in [1.82, 2.24) is 5.32 Å². The summed E-state index contributed by atoms with van der Waals surface area (Å²) >= 11 is 0. The second-order valence-electron chi connectivity index (χ2n) is 7.20. The van der Waals surface area contributed by atoms with Crippen molar-refractivity contribution in [2.75, 3.05) is 18.0 Å². The van der Waals surface area contributed by atoms with Crippen LogP contribution in [0.15, 0.2) is 18.2 Å². The third kappa shape index (κ3) is 4.23. The Morgan fingerprint density at radius 1 is 1.29 bits per heavy atom. The largest absolute Gasteiger partial charge is 0.368 e. The maximum Gasteiger partial charge on any atom is 0.0398 e. The highest BCUT2D eigenvalue weighted by Gasteiger charge is 2.25. The molecule has 118 valence electrons. The molecule has 2 nitrogen and oxygen atoms in total. The number of nitrogens with one attached hydrogen (secondary N) is 1. The predicted molar refractivity (Wildman–Crippen MR) is 92.9 cm³/mol. The van der Waals surface area contributed by atoms with Gasteiger partial charge in [0.05, 0.1) is 0 Å². The fourth-order valence-corrected chi connectivity index (χ4v) is 3.33. The summed E-state index contributed by atoms with van der Waals surface area (Å²) < 4.78 is 0. The maximum atomic E-state index is 3.53. The van der Waals surface area contributed by atoms with Crippen LogP contribution in [0.4, 0.5) is 5.69 Å². The highest BCUT2D eigenvalue weighted by atomic mass is 15.2. The van der Waals surface area contributed by atoms with Gasteiger partial charge in [0.15, 0.2) is 0 Å². The minimum atomic E-state index is 0.655. The Labute approximate surface area is 130 Å². The number of aryl methyl sites for hydroxylation is 1. The summed E-state index contributed by atoms with van der Waals surface area (Å²) in [6, 6.07) is 7.63. The second-order valence-corrected chi connectivity index (χ2v) is 7.20. The summed E-state index contributed by atoms with van der Waals surface area (Å²) in [6.07, 6.45) is 2.69. The van der Waals surface area contributed by atoms with E-state index in [0.29, 0.717) is 12.0 Å². The molecule has 1 aliphatic rings. The number of rotatable bonds is 5. The average Bonchev–Trinajstić information content (AvgIpc) is 2.42. The molecule has 21 heavy (non-hydrogen) atoms. The zero-order chi connectivity index (χ0) is 15.4. The highest BCUT2D eigenvalue weighted by molar-refractivity contribution is 5.55. The third-order valence-electron chi connectivity index (χ3n) is 4.83. The molecule has 1 fully saturated rings. The summed E-state index contributed by atoms with van der Waals surface area (Å²) in [5.74, 6) is 1.51. The SMILES string of the molecule is Cc1cc(CNCC(C)C)ccc1N1CCCC(C)C1C. The molecule has 0 saturated carbocycles. The normalized spacial score (nSPS) is 22.9. The van der Waals surface area contributed by atoms with Crippen molar-refractivity contribution in [3.63, 3.8) is 0 Å². The van der Waals surface area contributed by atoms with Gasteiger partial charge in [-0.3, -0.25) is 0 Å². The lowest BCUT2D eigenvalue weighted by Gasteiger charge is -2.40. The molecule has 1 N–H and O–H groups in total. The smallest absolute Gasteiger partial charge is 0.0398 e. The Balaban J connectivity index is 2.05. The number of nitrogens with zero attached hydrogens (tertiary/aromatic N) is 1. The van der Waals surface area contributed by atoms with Gasteiger partial charge >= 0.3 is 0 Å². The van der Waals surface area contributed by atoms with E-state index >= 15 is 0 Å². The first kappa shape index (κ1) is 16.4. The lowest BCUT2D eigenvalue weighted by atomic mass is 9.91. The van der Waals surface area contributed by atoms with Crippen LogP contribution in [0.3, 0.4) is 0 Å². The Morgan fingerprint density at radius 3 is 2.71 bits per heavy atom. The Hall–Kier alpha value is -1.02. The molecule has 2 atom stereocenters. The number of hydrogen-bond acceptors (Lipinski definition) is 2. The molecule has 1 aliphatic heterocycles. The monoisotopic (exact) mass is 288 g/mol. The van der Waals surface area contributed by atoms with Gasteiger partial charge < -0.3 is 10.2 Å². The molecule has 2 heteroatoms. The average molecular weight is 288 g/mol. The Kier molecular flexibility index (Phi) is 5.69. The molecule has 1 aromatic carbocycles. The molecule has 0 bridgehead atoms. The van der Waals surface area contributed by atoms with Gasteiger partial charge in [0.1, 0.15) is 0 Å². The Morgan fingerprint density at radius 2 is 2.05 bits per heavy atom. The molecule has 2 rings (SSSR count). The summed E-state index contributed by atoms with van der Waals surface area (Å²) in [7, 11) is 0. The molecule has 0 spiro atoms. The molecule has 0 amide bonds. The topological polar surface area (TPSA) is 15.3 Å². The molecule has 1 saturated heterocycles. The van der Waals surface area contributed by atoms with Crippen molar-refractivity contribution < 1.29 is 0 Å². The zero-order valence-corrected chi connectivity index (χ0v) is 14.4. The summed E-state index contributed by atoms with van der Waals surface area (Å²) in [5.41, 5.74) is 4.25. The first-order valence-corrected chi connectivity index (χ1v) is 8.56. The van der Waals surface area contributed by atoms with E-state index in [1.165, 1.54) is 36.2 Å². The molecule has 1 aromatic rings. The first-order valence-electron chi connectivity index (χ1n) is 8.56. The van der Waals surface area contributed by atoms with Crippen LogP contribution in [-0.2, 0) is 6.54 Å². The van der Waals surface area contributed by atoms with E-state index in [1.54, 1.807) is 0 Å². The van der Waals surface area contributed by atoms with Crippen molar-refractivity contribution in [3.05, 3.63) is 29.3 Å². The van der Waals surface area contributed by atoms with E-state index in [4.69, 9.17) is 0 Å². The zero-order valence-electron chi connectivity index (χ0n) is 14.4. The lowest BCUT2D eigenvalue weighted by Crippen LogP contribution is -2.42. The van der Waals surface area contributed by atoms with Crippen LogP contribution >= 0.6 is 0 Å². The molecule has 2 unspecified atom stereocenters. The van der Waals surface area contributed by atoms with Gasteiger partial charge in [-0.25, -0.2) is 0 Å². The van der Waals surface area contributed by atoms with Gasteiger partial charge in [-0.1, -0.05) is 32.9 Å². The number of anilines is 1. The van der Waals surface area contributed by atoms with Gasteiger partial charge in [-0.15, -0.1) is 0 Å². The number of piperidine rings is 1. The molecule has 0 aliphatic carbocycles. The lowest BCUT2D eigenvalue weighted by molar-refractivity contribution is 0.363. The van der Waals surface area contributed by atoms with E-state index in [9.17, 15) is 0 Å². The van der Waals surface area contributed by atoms with Crippen LogP contribution < -0.4 is 10.2 Å². The minimum absolute atomic E-state index is 0.655.